The number of Topliss-reactive ketones (excluding diaryl/α,β-unsaturated/α-hetero) is 1. The van der Waals surface area contributed by atoms with Crippen molar-refractivity contribution in [2.75, 3.05) is 12.4 Å². The van der Waals surface area contributed by atoms with Gasteiger partial charge in [0.15, 0.2) is 5.78 Å². The van der Waals surface area contributed by atoms with Crippen LogP contribution in [0.5, 0.6) is 5.75 Å². The van der Waals surface area contributed by atoms with Crippen LogP contribution in [0.2, 0.25) is 5.02 Å². The van der Waals surface area contributed by atoms with Crippen molar-refractivity contribution in [3.05, 3.63) is 95.0 Å². The van der Waals surface area contributed by atoms with E-state index in [4.69, 9.17) is 16.3 Å². The Morgan fingerprint density at radius 2 is 1.59 bits per heavy atom. The number of ketones is 1. The second-order valence-electron chi connectivity index (χ2n) is 6.05. The molecule has 5 heteroatoms. The Hall–Kier alpha value is -2.82. The Balaban J connectivity index is 1.96. The maximum atomic E-state index is 12.8. The summed E-state index contributed by atoms with van der Waals surface area (Å²) in [4.78, 5) is 12.8. The topological polar surface area (TPSA) is 58.6 Å². The molecule has 0 bridgehead atoms. The molecule has 3 aromatic carbocycles. The summed E-state index contributed by atoms with van der Waals surface area (Å²) in [7, 11) is 1.57. The number of rotatable bonds is 7. The largest absolute Gasteiger partial charge is 0.495 e. The fourth-order valence-corrected chi connectivity index (χ4v) is 3.00. The highest BCUT2D eigenvalue weighted by atomic mass is 35.5. The molecule has 0 heterocycles. The summed E-state index contributed by atoms with van der Waals surface area (Å²) in [6.07, 6.45) is -1.29. The highest BCUT2D eigenvalue weighted by Crippen LogP contribution is 2.31. The van der Waals surface area contributed by atoms with Crippen LogP contribution in [-0.4, -0.2) is 24.1 Å². The number of ether oxygens (including phenoxy) is 1. The van der Waals surface area contributed by atoms with Gasteiger partial charge in [-0.15, -0.1) is 0 Å². The third-order valence-electron chi connectivity index (χ3n) is 4.29. The minimum Gasteiger partial charge on any atom is -0.495 e. The van der Waals surface area contributed by atoms with Crippen molar-refractivity contribution in [2.45, 2.75) is 12.1 Å². The van der Waals surface area contributed by atoms with E-state index >= 15 is 0 Å². The standard InChI is InChI=1S/C22H20ClNO3/c1-27-19-10-6-5-9-18(19)24-20(15-11-13-17(23)14-12-15)22(26)21(25)16-7-3-2-4-8-16/h2-14,20,22,24,26H,1H3/t20-,22+/m0/s1. The molecule has 138 valence electrons. The van der Waals surface area contributed by atoms with Crippen LogP contribution in [0.1, 0.15) is 22.0 Å². The number of halogens is 1. The third-order valence-corrected chi connectivity index (χ3v) is 4.54. The van der Waals surface area contributed by atoms with E-state index in [1.165, 1.54) is 0 Å². The average Bonchev–Trinajstić information content (AvgIpc) is 2.72. The molecule has 0 saturated carbocycles. The number of hydrogen-bond donors (Lipinski definition) is 2. The first kappa shape index (κ1) is 19.0. The number of carbonyl (C=O) groups excluding carboxylic acids is 1. The number of carbonyl (C=O) groups is 1. The smallest absolute Gasteiger partial charge is 0.193 e. The lowest BCUT2D eigenvalue weighted by atomic mass is 9.94. The fraction of sp³-hybridized carbons (Fsp3) is 0.136. The molecule has 0 fully saturated rings. The first-order chi connectivity index (χ1) is 13.1. The first-order valence-corrected chi connectivity index (χ1v) is 8.90. The summed E-state index contributed by atoms with van der Waals surface area (Å²) in [6, 6.07) is 22.5. The van der Waals surface area contributed by atoms with Crippen molar-refractivity contribution in [3.63, 3.8) is 0 Å². The van der Waals surface area contributed by atoms with Gasteiger partial charge < -0.3 is 15.2 Å². The summed E-state index contributed by atoms with van der Waals surface area (Å²) < 4.78 is 5.38. The van der Waals surface area contributed by atoms with Crippen molar-refractivity contribution in [1.82, 2.24) is 0 Å². The van der Waals surface area contributed by atoms with Gasteiger partial charge >= 0.3 is 0 Å². The molecule has 3 aromatic rings. The first-order valence-electron chi connectivity index (χ1n) is 8.52. The van der Waals surface area contributed by atoms with E-state index in [0.29, 0.717) is 22.0 Å². The van der Waals surface area contributed by atoms with E-state index in [1.807, 2.05) is 30.3 Å². The number of benzene rings is 3. The lowest BCUT2D eigenvalue weighted by molar-refractivity contribution is 0.0707. The van der Waals surface area contributed by atoms with Gasteiger partial charge in [0.25, 0.3) is 0 Å². The summed E-state index contributed by atoms with van der Waals surface area (Å²) in [5, 5.41) is 14.7. The second kappa shape index (κ2) is 8.71. The van der Waals surface area contributed by atoms with E-state index in [9.17, 15) is 9.90 Å². The number of aliphatic hydroxyl groups is 1. The molecule has 0 aromatic heterocycles. The Bertz CT molecular complexity index is 897. The average molecular weight is 382 g/mol. The van der Waals surface area contributed by atoms with E-state index in [-0.39, 0.29) is 5.78 Å². The zero-order valence-electron chi connectivity index (χ0n) is 14.8. The SMILES string of the molecule is COc1ccccc1N[C@@H](c1ccc(Cl)cc1)[C@@H](O)C(=O)c1ccccc1. The van der Waals surface area contributed by atoms with Crippen molar-refractivity contribution in [1.29, 1.82) is 0 Å². The van der Waals surface area contributed by atoms with Gasteiger partial charge in [0.1, 0.15) is 11.9 Å². The van der Waals surface area contributed by atoms with Gasteiger partial charge in [-0.3, -0.25) is 4.79 Å². The maximum Gasteiger partial charge on any atom is 0.193 e. The fourth-order valence-electron chi connectivity index (χ4n) is 2.87. The highest BCUT2D eigenvalue weighted by molar-refractivity contribution is 6.30. The van der Waals surface area contributed by atoms with E-state index in [1.54, 1.807) is 55.6 Å². The normalized spacial score (nSPS) is 12.9. The molecule has 0 radical (unpaired) electrons. The van der Waals surface area contributed by atoms with Crippen LogP contribution >= 0.6 is 11.6 Å². The molecule has 0 aliphatic rings. The predicted octanol–water partition coefficient (Wildman–Crippen LogP) is 4.75. The van der Waals surface area contributed by atoms with Crippen LogP contribution in [0.25, 0.3) is 0 Å². The Morgan fingerprint density at radius 1 is 0.963 bits per heavy atom. The molecule has 0 spiro atoms. The summed E-state index contributed by atoms with van der Waals surface area (Å²) in [6.45, 7) is 0. The van der Waals surface area contributed by atoms with Crippen LogP contribution in [0.3, 0.4) is 0 Å². The van der Waals surface area contributed by atoms with Gasteiger partial charge in [0.05, 0.1) is 18.8 Å². The Morgan fingerprint density at radius 3 is 2.26 bits per heavy atom. The second-order valence-corrected chi connectivity index (χ2v) is 6.49. The van der Waals surface area contributed by atoms with Crippen molar-refractivity contribution >= 4 is 23.1 Å². The van der Waals surface area contributed by atoms with Gasteiger partial charge in [-0.1, -0.05) is 66.2 Å². The number of para-hydroxylation sites is 2. The quantitative estimate of drug-likeness (QED) is 0.580. The molecular weight excluding hydrogens is 362 g/mol. The van der Waals surface area contributed by atoms with Crippen molar-refractivity contribution in [2.24, 2.45) is 0 Å². The van der Waals surface area contributed by atoms with Crippen LogP contribution < -0.4 is 10.1 Å². The summed E-state index contributed by atoms with van der Waals surface area (Å²) in [5.41, 5.74) is 1.87. The predicted molar refractivity (Wildman–Crippen MR) is 108 cm³/mol. The Kier molecular flexibility index (Phi) is 6.12. The van der Waals surface area contributed by atoms with Gasteiger partial charge in [-0.05, 0) is 29.8 Å². The molecule has 0 aliphatic heterocycles. The lowest BCUT2D eigenvalue weighted by Crippen LogP contribution is -2.33. The molecule has 0 amide bonds. The zero-order valence-corrected chi connectivity index (χ0v) is 15.6. The number of nitrogens with one attached hydrogen (secondary N) is 1. The van der Waals surface area contributed by atoms with E-state index < -0.39 is 12.1 Å². The van der Waals surface area contributed by atoms with Crippen molar-refractivity contribution < 1.29 is 14.6 Å². The number of aliphatic hydroxyl groups excluding tert-OH is 1. The van der Waals surface area contributed by atoms with Gasteiger partial charge in [-0.25, -0.2) is 0 Å². The molecule has 0 unspecified atom stereocenters. The zero-order chi connectivity index (χ0) is 19.2. The minimum absolute atomic E-state index is 0.363. The number of hydrogen-bond acceptors (Lipinski definition) is 4. The van der Waals surface area contributed by atoms with Gasteiger partial charge in [0, 0.05) is 10.6 Å². The lowest BCUT2D eigenvalue weighted by Gasteiger charge is -2.26. The Labute approximate surface area is 163 Å². The van der Waals surface area contributed by atoms with Gasteiger partial charge in [0.2, 0.25) is 0 Å². The van der Waals surface area contributed by atoms with Crippen LogP contribution in [0.15, 0.2) is 78.9 Å². The minimum atomic E-state index is -1.29. The third kappa shape index (κ3) is 4.48. The molecule has 2 atom stereocenters. The molecule has 2 N–H and O–H groups in total. The van der Waals surface area contributed by atoms with Gasteiger partial charge in [-0.2, -0.15) is 0 Å². The molecule has 3 rings (SSSR count). The monoisotopic (exact) mass is 381 g/mol. The molecule has 0 saturated heterocycles. The van der Waals surface area contributed by atoms with E-state index in [0.717, 1.165) is 5.56 Å². The number of methoxy groups -OCH3 is 1. The molecule has 4 nitrogen and oxygen atoms in total. The van der Waals surface area contributed by atoms with E-state index in [2.05, 4.69) is 5.32 Å². The summed E-state index contributed by atoms with van der Waals surface area (Å²) in [5.74, 6) is 0.258. The molecular formula is C22H20ClNO3. The van der Waals surface area contributed by atoms with Crippen LogP contribution in [0.4, 0.5) is 5.69 Å². The number of anilines is 1. The molecule has 27 heavy (non-hydrogen) atoms. The highest BCUT2D eigenvalue weighted by Gasteiger charge is 2.29. The maximum absolute atomic E-state index is 12.8. The van der Waals surface area contributed by atoms with Crippen LogP contribution in [-0.2, 0) is 0 Å². The van der Waals surface area contributed by atoms with Crippen LogP contribution in [0, 0.1) is 0 Å². The molecule has 0 aliphatic carbocycles. The summed E-state index contributed by atoms with van der Waals surface area (Å²) >= 11 is 5.99. The van der Waals surface area contributed by atoms with Crippen molar-refractivity contribution in [3.8, 4) is 5.75 Å².